The molecular formula is C10H7F3S. The van der Waals surface area contributed by atoms with Gasteiger partial charge in [-0.25, -0.2) is 0 Å². The van der Waals surface area contributed by atoms with E-state index in [-0.39, 0.29) is 0 Å². The summed E-state index contributed by atoms with van der Waals surface area (Å²) in [7, 11) is 0. The Hall–Kier alpha value is -1.03. The SMILES string of the molecule is FC(F)(F)Cc1ccc2ccsc2c1. The van der Waals surface area contributed by atoms with Crippen LogP contribution in [0.3, 0.4) is 0 Å². The van der Waals surface area contributed by atoms with Crippen molar-refractivity contribution in [3.05, 3.63) is 35.2 Å². The second kappa shape index (κ2) is 3.28. The Labute approximate surface area is 83.0 Å². The van der Waals surface area contributed by atoms with Gasteiger partial charge in [0.25, 0.3) is 0 Å². The maximum Gasteiger partial charge on any atom is 0.393 e. The molecule has 1 aromatic heterocycles. The van der Waals surface area contributed by atoms with E-state index in [1.807, 2.05) is 11.4 Å². The van der Waals surface area contributed by atoms with Crippen LogP contribution in [0.4, 0.5) is 13.2 Å². The largest absolute Gasteiger partial charge is 0.393 e. The molecule has 14 heavy (non-hydrogen) atoms. The van der Waals surface area contributed by atoms with Gasteiger partial charge >= 0.3 is 6.18 Å². The second-order valence-electron chi connectivity index (χ2n) is 3.08. The number of halogens is 3. The van der Waals surface area contributed by atoms with Crippen molar-refractivity contribution >= 4 is 21.4 Å². The van der Waals surface area contributed by atoms with Crippen LogP contribution >= 0.6 is 11.3 Å². The highest BCUT2D eigenvalue weighted by molar-refractivity contribution is 7.17. The molecule has 0 atom stereocenters. The molecule has 2 aromatic rings. The first kappa shape index (κ1) is 9.52. The van der Waals surface area contributed by atoms with Crippen LogP contribution in [0.2, 0.25) is 0 Å². The van der Waals surface area contributed by atoms with Crippen molar-refractivity contribution in [2.75, 3.05) is 0 Å². The van der Waals surface area contributed by atoms with E-state index in [0.29, 0.717) is 5.56 Å². The number of alkyl halides is 3. The van der Waals surface area contributed by atoms with Crippen LogP contribution in [0.5, 0.6) is 0 Å². The minimum absolute atomic E-state index is 0.326. The monoisotopic (exact) mass is 216 g/mol. The zero-order chi connectivity index (χ0) is 10.2. The maximum atomic E-state index is 12.1. The molecule has 74 valence electrons. The van der Waals surface area contributed by atoms with Crippen LogP contribution in [0.1, 0.15) is 5.56 Å². The van der Waals surface area contributed by atoms with Gasteiger partial charge in [-0.2, -0.15) is 13.2 Å². The predicted octanol–water partition coefficient (Wildman–Crippen LogP) is 4.01. The zero-order valence-corrected chi connectivity index (χ0v) is 7.95. The van der Waals surface area contributed by atoms with Crippen LogP contribution in [0.15, 0.2) is 29.6 Å². The highest BCUT2D eigenvalue weighted by Gasteiger charge is 2.27. The van der Waals surface area contributed by atoms with E-state index < -0.39 is 12.6 Å². The number of fused-ring (bicyclic) bond motifs is 1. The van der Waals surface area contributed by atoms with Crippen LogP contribution in [-0.2, 0) is 6.42 Å². The average molecular weight is 216 g/mol. The van der Waals surface area contributed by atoms with Gasteiger partial charge in [0.05, 0.1) is 6.42 Å². The van der Waals surface area contributed by atoms with Gasteiger partial charge in [-0.3, -0.25) is 0 Å². The Morgan fingerprint density at radius 2 is 1.93 bits per heavy atom. The van der Waals surface area contributed by atoms with Crippen molar-refractivity contribution < 1.29 is 13.2 Å². The third-order valence-corrected chi connectivity index (χ3v) is 2.80. The molecule has 1 heterocycles. The lowest BCUT2D eigenvalue weighted by Gasteiger charge is -2.05. The molecule has 0 aliphatic carbocycles. The summed E-state index contributed by atoms with van der Waals surface area (Å²) in [6, 6.07) is 6.76. The molecule has 0 radical (unpaired) electrons. The van der Waals surface area contributed by atoms with Gasteiger partial charge in [-0.15, -0.1) is 11.3 Å². The Morgan fingerprint density at radius 3 is 2.64 bits per heavy atom. The molecule has 0 nitrogen and oxygen atoms in total. The number of rotatable bonds is 1. The summed E-state index contributed by atoms with van der Waals surface area (Å²) in [6.45, 7) is 0. The van der Waals surface area contributed by atoms with E-state index in [1.165, 1.54) is 17.4 Å². The average Bonchev–Trinajstić information content (AvgIpc) is 2.47. The summed E-state index contributed by atoms with van der Waals surface area (Å²) in [4.78, 5) is 0. The van der Waals surface area contributed by atoms with E-state index in [2.05, 4.69) is 0 Å². The molecule has 0 spiro atoms. The van der Waals surface area contributed by atoms with Crippen molar-refractivity contribution in [1.82, 2.24) is 0 Å². The molecule has 0 aliphatic heterocycles. The number of hydrogen-bond donors (Lipinski definition) is 0. The van der Waals surface area contributed by atoms with Crippen molar-refractivity contribution in [2.24, 2.45) is 0 Å². The van der Waals surface area contributed by atoms with Gasteiger partial charge in [0.15, 0.2) is 0 Å². The van der Waals surface area contributed by atoms with E-state index in [4.69, 9.17) is 0 Å². The van der Waals surface area contributed by atoms with Crippen molar-refractivity contribution in [3.8, 4) is 0 Å². The molecule has 0 aliphatic rings. The third kappa shape index (κ3) is 2.07. The van der Waals surface area contributed by atoms with Crippen LogP contribution in [-0.4, -0.2) is 6.18 Å². The smallest absolute Gasteiger partial charge is 0.171 e. The highest BCUT2D eigenvalue weighted by Crippen LogP contribution is 2.26. The molecule has 0 saturated carbocycles. The Kier molecular flexibility index (Phi) is 2.23. The molecule has 0 bridgehead atoms. The van der Waals surface area contributed by atoms with E-state index in [1.54, 1.807) is 12.1 Å². The Balaban J connectivity index is 2.35. The summed E-state index contributed by atoms with van der Waals surface area (Å²) < 4.78 is 37.1. The van der Waals surface area contributed by atoms with E-state index in [0.717, 1.165) is 10.1 Å². The molecule has 4 heteroatoms. The standard InChI is InChI=1S/C10H7F3S/c11-10(12,13)6-7-1-2-8-3-4-14-9(8)5-7/h1-5H,6H2. The maximum absolute atomic E-state index is 12.1. The third-order valence-electron chi connectivity index (χ3n) is 1.93. The minimum atomic E-state index is -4.12. The Morgan fingerprint density at radius 1 is 1.14 bits per heavy atom. The molecule has 0 fully saturated rings. The van der Waals surface area contributed by atoms with E-state index in [9.17, 15) is 13.2 Å². The van der Waals surface area contributed by atoms with E-state index >= 15 is 0 Å². The van der Waals surface area contributed by atoms with Gasteiger partial charge in [0.2, 0.25) is 0 Å². The van der Waals surface area contributed by atoms with Crippen LogP contribution in [0, 0.1) is 0 Å². The Bertz CT molecular complexity index is 442. The van der Waals surface area contributed by atoms with Gasteiger partial charge in [-0.1, -0.05) is 12.1 Å². The fourth-order valence-corrected chi connectivity index (χ4v) is 2.19. The van der Waals surface area contributed by atoms with Gasteiger partial charge in [-0.05, 0) is 28.5 Å². The summed E-state index contributed by atoms with van der Waals surface area (Å²) in [5.41, 5.74) is 0.326. The van der Waals surface area contributed by atoms with Crippen LogP contribution in [0.25, 0.3) is 10.1 Å². The summed E-state index contributed by atoms with van der Waals surface area (Å²) in [5, 5.41) is 2.88. The summed E-state index contributed by atoms with van der Waals surface area (Å²) in [6.07, 6.45) is -4.97. The first-order chi connectivity index (χ1) is 6.54. The van der Waals surface area contributed by atoms with Crippen LogP contribution < -0.4 is 0 Å². The molecule has 0 amide bonds. The lowest BCUT2D eigenvalue weighted by Crippen LogP contribution is -2.11. The summed E-state index contributed by atoms with van der Waals surface area (Å²) in [5.74, 6) is 0. The molecule has 2 rings (SSSR count). The number of benzene rings is 1. The highest BCUT2D eigenvalue weighted by atomic mass is 32.1. The molecule has 0 saturated heterocycles. The molecule has 0 unspecified atom stereocenters. The number of thiophene rings is 1. The number of hydrogen-bond acceptors (Lipinski definition) is 1. The predicted molar refractivity (Wildman–Crippen MR) is 51.6 cm³/mol. The molecule has 1 aromatic carbocycles. The van der Waals surface area contributed by atoms with Crippen molar-refractivity contribution in [2.45, 2.75) is 12.6 Å². The fraction of sp³-hybridized carbons (Fsp3) is 0.200. The normalized spacial score (nSPS) is 12.2. The molecule has 0 N–H and O–H groups in total. The van der Waals surface area contributed by atoms with Gasteiger partial charge < -0.3 is 0 Å². The van der Waals surface area contributed by atoms with Gasteiger partial charge in [0.1, 0.15) is 0 Å². The summed E-state index contributed by atoms with van der Waals surface area (Å²) >= 11 is 1.46. The van der Waals surface area contributed by atoms with Crippen molar-refractivity contribution in [1.29, 1.82) is 0 Å². The van der Waals surface area contributed by atoms with Gasteiger partial charge in [0, 0.05) is 4.70 Å². The quantitative estimate of drug-likeness (QED) is 0.675. The molecular weight excluding hydrogens is 209 g/mol. The second-order valence-corrected chi connectivity index (χ2v) is 4.03. The lowest BCUT2D eigenvalue weighted by atomic mass is 10.1. The topological polar surface area (TPSA) is 0 Å². The lowest BCUT2D eigenvalue weighted by molar-refractivity contribution is -0.127. The minimum Gasteiger partial charge on any atom is -0.171 e. The first-order valence-corrected chi connectivity index (χ1v) is 4.95. The van der Waals surface area contributed by atoms with Crippen molar-refractivity contribution in [3.63, 3.8) is 0 Å². The zero-order valence-electron chi connectivity index (χ0n) is 7.14. The fourth-order valence-electron chi connectivity index (χ4n) is 1.34. The first-order valence-electron chi connectivity index (χ1n) is 4.07.